The highest BCUT2D eigenvalue weighted by atomic mass is 16.3. The molecule has 1 aliphatic heterocycles. The van der Waals surface area contributed by atoms with Gasteiger partial charge in [0.25, 0.3) is 0 Å². The van der Waals surface area contributed by atoms with Gasteiger partial charge in [-0.1, -0.05) is 26.7 Å². The van der Waals surface area contributed by atoms with Crippen LogP contribution in [0.25, 0.3) is 0 Å². The SMILES string of the molecule is CCCCN1C=CN(C)/C1=C(\[O-])N=C1C(C)=CC(=C2C=C(C)C(=NC(=O)c3n(CCCC)cc[n+]3C)C(C)=C2)C=C1C. The number of carbonyl (C=O) groups is 1. The van der Waals surface area contributed by atoms with E-state index in [9.17, 15) is 9.90 Å². The van der Waals surface area contributed by atoms with Gasteiger partial charge in [-0.05, 0) is 98.3 Å². The minimum absolute atomic E-state index is 0.242. The zero-order valence-electron chi connectivity index (χ0n) is 26.4. The van der Waals surface area contributed by atoms with Crippen LogP contribution in [0.3, 0.4) is 0 Å². The summed E-state index contributed by atoms with van der Waals surface area (Å²) >= 11 is 0. The Labute approximate surface area is 250 Å². The predicted molar refractivity (Wildman–Crippen MR) is 167 cm³/mol. The van der Waals surface area contributed by atoms with Crippen molar-refractivity contribution in [2.75, 3.05) is 13.6 Å². The average Bonchev–Trinajstić information content (AvgIpc) is 3.51. The smallest absolute Gasteiger partial charge is 0.360 e. The Morgan fingerprint density at radius 2 is 1.36 bits per heavy atom. The minimum atomic E-state index is -0.242. The number of carbonyl (C=O) groups excluding carboxylic acids is 1. The topological polar surface area (TPSA) is 80.1 Å². The summed E-state index contributed by atoms with van der Waals surface area (Å²) in [5, 5.41) is 13.3. The first-order valence-corrected chi connectivity index (χ1v) is 14.9. The van der Waals surface area contributed by atoms with Crippen LogP contribution in [-0.2, 0) is 13.6 Å². The van der Waals surface area contributed by atoms with Gasteiger partial charge in [-0.15, -0.1) is 0 Å². The molecule has 2 heterocycles. The summed E-state index contributed by atoms with van der Waals surface area (Å²) < 4.78 is 3.83. The fourth-order valence-electron chi connectivity index (χ4n) is 5.51. The predicted octanol–water partition coefficient (Wildman–Crippen LogP) is 5.25. The summed E-state index contributed by atoms with van der Waals surface area (Å²) in [6, 6.07) is 0. The molecule has 0 radical (unpaired) electrons. The molecule has 0 saturated heterocycles. The van der Waals surface area contributed by atoms with Gasteiger partial charge in [-0.3, -0.25) is 9.79 Å². The number of allylic oxidation sites excluding steroid dienone is 10. The van der Waals surface area contributed by atoms with E-state index in [-0.39, 0.29) is 11.8 Å². The van der Waals surface area contributed by atoms with Gasteiger partial charge >= 0.3 is 11.7 Å². The first-order chi connectivity index (χ1) is 20.0. The highest BCUT2D eigenvalue weighted by Gasteiger charge is 2.25. The largest absolute Gasteiger partial charge is 0.856 e. The Hall–Kier alpha value is -4.20. The maximum atomic E-state index is 13.3. The minimum Gasteiger partial charge on any atom is -0.856 e. The molecule has 0 unspecified atom stereocenters. The van der Waals surface area contributed by atoms with E-state index >= 15 is 0 Å². The van der Waals surface area contributed by atoms with Crippen molar-refractivity contribution in [3.8, 4) is 0 Å². The highest BCUT2D eigenvalue weighted by molar-refractivity contribution is 6.19. The van der Waals surface area contributed by atoms with E-state index in [2.05, 4.69) is 48.1 Å². The second kappa shape index (κ2) is 13.2. The Morgan fingerprint density at radius 1 is 0.833 bits per heavy atom. The molecule has 1 amide bonds. The van der Waals surface area contributed by atoms with E-state index in [1.54, 1.807) is 0 Å². The van der Waals surface area contributed by atoms with Crippen LogP contribution in [0.2, 0.25) is 0 Å². The fraction of sp³-hybridized carbons (Fsp3) is 0.412. The first-order valence-electron chi connectivity index (χ1n) is 14.9. The van der Waals surface area contributed by atoms with Gasteiger partial charge in [0.1, 0.15) is 18.2 Å². The van der Waals surface area contributed by atoms with Crippen molar-refractivity contribution in [1.82, 2.24) is 14.4 Å². The second-order valence-corrected chi connectivity index (χ2v) is 11.3. The summed E-state index contributed by atoms with van der Waals surface area (Å²) in [5.41, 5.74) is 7.24. The number of rotatable bonds is 8. The number of imidazole rings is 1. The molecule has 42 heavy (non-hydrogen) atoms. The summed E-state index contributed by atoms with van der Waals surface area (Å²) in [5.74, 6) is 0.679. The second-order valence-electron chi connectivity index (χ2n) is 11.3. The summed E-state index contributed by atoms with van der Waals surface area (Å²) in [7, 11) is 3.76. The number of hydrogen-bond acceptors (Lipinski definition) is 5. The molecule has 0 bridgehead atoms. The van der Waals surface area contributed by atoms with Crippen molar-refractivity contribution in [2.24, 2.45) is 17.0 Å². The van der Waals surface area contributed by atoms with Gasteiger partial charge in [0.2, 0.25) is 0 Å². The van der Waals surface area contributed by atoms with Gasteiger partial charge < -0.3 is 14.9 Å². The molecule has 0 fully saturated rings. The number of nitrogens with zero attached hydrogens (tertiary/aromatic N) is 6. The molecule has 2 aliphatic carbocycles. The molecule has 0 saturated carbocycles. The number of aliphatic imine (C=N–C) groups is 2. The normalized spacial score (nSPS) is 18.3. The highest BCUT2D eigenvalue weighted by Crippen LogP contribution is 2.29. The number of hydrogen-bond donors (Lipinski definition) is 0. The van der Waals surface area contributed by atoms with Crippen LogP contribution in [0.5, 0.6) is 0 Å². The molecule has 8 heteroatoms. The lowest BCUT2D eigenvalue weighted by Gasteiger charge is -2.27. The fourth-order valence-corrected chi connectivity index (χ4v) is 5.51. The third-order valence-corrected chi connectivity index (χ3v) is 7.78. The lowest BCUT2D eigenvalue weighted by molar-refractivity contribution is -0.673. The first kappa shape index (κ1) is 30.8. The van der Waals surface area contributed by atoms with Crippen molar-refractivity contribution in [1.29, 1.82) is 0 Å². The molecule has 8 nitrogen and oxygen atoms in total. The van der Waals surface area contributed by atoms with Crippen LogP contribution < -0.4 is 9.67 Å². The number of aromatic nitrogens is 2. The third-order valence-electron chi connectivity index (χ3n) is 7.78. The van der Waals surface area contributed by atoms with Crippen LogP contribution in [0.1, 0.15) is 77.8 Å². The van der Waals surface area contributed by atoms with Crippen molar-refractivity contribution in [3.63, 3.8) is 0 Å². The number of unbranched alkanes of at least 4 members (excludes halogenated alkanes) is 2. The van der Waals surface area contributed by atoms with Gasteiger partial charge in [0, 0.05) is 31.9 Å². The molecule has 0 atom stereocenters. The van der Waals surface area contributed by atoms with Crippen LogP contribution in [0.4, 0.5) is 0 Å². The van der Waals surface area contributed by atoms with Gasteiger partial charge in [-0.2, -0.15) is 0 Å². The van der Waals surface area contributed by atoms with Crippen molar-refractivity contribution in [2.45, 2.75) is 73.8 Å². The molecule has 3 aliphatic rings. The third kappa shape index (κ3) is 6.48. The summed E-state index contributed by atoms with van der Waals surface area (Å²) in [6.45, 7) is 13.8. The van der Waals surface area contributed by atoms with Gasteiger partial charge in [-0.25, -0.2) is 14.1 Å². The quantitative estimate of drug-likeness (QED) is 0.317. The van der Waals surface area contributed by atoms with Crippen molar-refractivity contribution < 1.29 is 14.5 Å². The van der Waals surface area contributed by atoms with Crippen LogP contribution >= 0.6 is 0 Å². The maximum Gasteiger partial charge on any atom is 0.360 e. The monoisotopic (exact) mass is 568 g/mol. The number of amides is 1. The summed E-state index contributed by atoms with van der Waals surface area (Å²) in [6.07, 6.45) is 20.1. The Balaban J connectivity index is 1.62. The van der Waals surface area contributed by atoms with E-state index in [0.717, 1.165) is 72.2 Å². The van der Waals surface area contributed by atoms with Gasteiger partial charge in [0.15, 0.2) is 0 Å². The summed E-state index contributed by atoms with van der Waals surface area (Å²) in [4.78, 5) is 26.2. The lowest BCUT2D eigenvalue weighted by atomic mass is 9.87. The van der Waals surface area contributed by atoms with E-state index < -0.39 is 0 Å². The molecule has 222 valence electrons. The van der Waals surface area contributed by atoms with Crippen LogP contribution in [0.15, 0.2) is 104 Å². The molecule has 0 N–H and O–H groups in total. The molecule has 1 aromatic rings. The molecule has 4 rings (SSSR count). The number of aryl methyl sites for hydroxylation is 2. The zero-order chi connectivity index (χ0) is 30.6. The molecule has 0 spiro atoms. The van der Waals surface area contributed by atoms with E-state index in [0.29, 0.717) is 23.1 Å². The van der Waals surface area contributed by atoms with Crippen LogP contribution in [-0.4, -0.2) is 45.3 Å². The molecule has 0 aromatic carbocycles. The maximum absolute atomic E-state index is 13.3. The van der Waals surface area contributed by atoms with Crippen molar-refractivity contribution >= 4 is 17.3 Å². The standard InChI is InChI=1S/C34H44N6O2/c1-9-11-13-39-17-15-37(7)33(39)31(41)35-29-23(3)19-27(20-24(29)4)28-21-25(5)30(26(6)22-28)36-32(42)34-38(8)16-18-40(34)14-12-10-2/h15-22H,9-14H2,1-8H3/b28-27?,33-31+,35-29?,36-30?. The van der Waals surface area contributed by atoms with Gasteiger partial charge in [0.05, 0.1) is 25.0 Å². The van der Waals surface area contributed by atoms with E-state index in [1.807, 2.05) is 85.5 Å². The van der Waals surface area contributed by atoms with E-state index in [4.69, 9.17) is 0 Å². The van der Waals surface area contributed by atoms with E-state index in [1.165, 1.54) is 0 Å². The molecular weight excluding hydrogens is 524 g/mol. The van der Waals surface area contributed by atoms with Crippen molar-refractivity contribution in [3.05, 3.63) is 100 Å². The van der Waals surface area contributed by atoms with Crippen LogP contribution in [0, 0.1) is 0 Å². The Bertz CT molecular complexity index is 1490. The Morgan fingerprint density at radius 3 is 1.90 bits per heavy atom. The zero-order valence-corrected chi connectivity index (χ0v) is 26.4. The Kier molecular flexibility index (Phi) is 9.66. The molecule has 1 aromatic heterocycles. The average molecular weight is 569 g/mol. The lowest BCUT2D eigenvalue weighted by Crippen LogP contribution is -2.35. The molecular formula is C34H44N6O2.